The zero-order valence-corrected chi connectivity index (χ0v) is 15.6. The van der Waals surface area contributed by atoms with E-state index in [1.54, 1.807) is 13.8 Å². The van der Waals surface area contributed by atoms with Crippen LogP contribution in [0, 0.1) is 0 Å². The molecule has 2 aliphatic rings. The maximum atomic E-state index is 12.2. The monoisotopic (exact) mass is 313 g/mol. The van der Waals surface area contributed by atoms with E-state index in [1.165, 1.54) is 30.7 Å². The van der Waals surface area contributed by atoms with Crippen molar-refractivity contribution < 1.29 is 75.9 Å². The van der Waals surface area contributed by atoms with E-state index >= 15 is 0 Å². The summed E-state index contributed by atoms with van der Waals surface area (Å²) in [5, 5.41) is 20.5. The van der Waals surface area contributed by atoms with Gasteiger partial charge < -0.3 is 24.6 Å². The molecule has 2 fully saturated rings. The number of fused-ring (bicyclic) bond motifs is 1. The van der Waals surface area contributed by atoms with Crippen LogP contribution in [0.4, 0.5) is 0 Å². The van der Waals surface area contributed by atoms with Crippen LogP contribution in [0.5, 0.6) is 0 Å². The second-order valence-electron chi connectivity index (χ2n) is 5.18. The predicted octanol–water partition coefficient (Wildman–Crippen LogP) is -4.43. The Morgan fingerprint density at radius 2 is 2.11 bits per heavy atom. The van der Waals surface area contributed by atoms with Gasteiger partial charge in [0.25, 0.3) is 5.91 Å². The topological polar surface area (TPSA) is 89.9 Å². The van der Waals surface area contributed by atoms with Crippen LogP contribution in [0.15, 0.2) is 0 Å². The third kappa shape index (κ3) is 2.24. The van der Waals surface area contributed by atoms with Crippen molar-refractivity contribution in [2.75, 3.05) is 7.11 Å². The van der Waals surface area contributed by atoms with Gasteiger partial charge in [-0.15, -0.1) is 11.8 Å². The minimum absolute atomic E-state index is 0. The van der Waals surface area contributed by atoms with Crippen molar-refractivity contribution in [2.45, 2.75) is 48.6 Å². The summed E-state index contributed by atoms with van der Waals surface area (Å²) in [6, 6.07) is -0.998. The molecular formula is C11H16KNO5S. The first-order chi connectivity index (χ1) is 8.20. The molecule has 4 atom stereocenters. The third-order valence-corrected chi connectivity index (χ3v) is 5.35. The average molecular weight is 313 g/mol. The van der Waals surface area contributed by atoms with Crippen molar-refractivity contribution in [2.24, 2.45) is 0 Å². The van der Waals surface area contributed by atoms with Gasteiger partial charge in [0.1, 0.15) is 5.37 Å². The van der Waals surface area contributed by atoms with Gasteiger partial charge in [-0.25, -0.2) is 0 Å². The number of amides is 1. The van der Waals surface area contributed by atoms with E-state index in [1.807, 2.05) is 0 Å². The van der Waals surface area contributed by atoms with Crippen molar-refractivity contribution in [3.63, 3.8) is 0 Å². The number of aliphatic carboxylic acids is 1. The van der Waals surface area contributed by atoms with Gasteiger partial charge in [-0.05, 0) is 20.8 Å². The minimum atomic E-state index is -1.34. The summed E-state index contributed by atoms with van der Waals surface area (Å²) >= 11 is 1.32. The Morgan fingerprint density at radius 3 is 2.47 bits per heavy atom. The largest absolute Gasteiger partial charge is 1.00 e. The number of carbonyl (C=O) groups excluding carboxylic acids is 2. The SMILES string of the molecule is COC1(C(C)O)C(=O)N2[C@@H](C(=O)[O-])C(C)(C)S[C@@H]21.[K+]. The molecule has 1 amide bonds. The summed E-state index contributed by atoms with van der Waals surface area (Å²) in [6.45, 7) is 4.96. The molecule has 0 bridgehead atoms. The van der Waals surface area contributed by atoms with Gasteiger partial charge in [0.05, 0.1) is 18.1 Å². The van der Waals surface area contributed by atoms with Crippen LogP contribution >= 0.6 is 11.8 Å². The Bertz CT molecular complexity index is 416. The van der Waals surface area contributed by atoms with E-state index in [2.05, 4.69) is 0 Å². The number of thioether (sulfide) groups is 1. The van der Waals surface area contributed by atoms with Crippen molar-refractivity contribution >= 4 is 23.6 Å². The molecule has 2 heterocycles. The maximum absolute atomic E-state index is 12.2. The van der Waals surface area contributed by atoms with E-state index < -0.39 is 39.7 Å². The molecule has 0 aliphatic carbocycles. The van der Waals surface area contributed by atoms with Gasteiger partial charge in [-0.2, -0.15) is 0 Å². The molecule has 19 heavy (non-hydrogen) atoms. The number of rotatable bonds is 3. The van der Waals surface area contributed by atoms with E-state index in [-0.39, 0.29) is 51.4 Å². The van der Waals surface area contributed by atoms with Crippen molar-refractivity contribution in [1.29, 1.82) is 0 Å². The number of carboxylic acid groups (broad SMARTS) is 1. The molecule has 2 unspecified atom stereocenters. The zero-order chi connectivity index (χ0) is 13.9. The molecule has 0 aromatic carbocycles. The second-order valence-corrected chi connectivity index (χ2v) is 6.92. The number of hydrogen-bond acceptors (Lipinski definition) is 6. The fourth-order valence-corrected chi connectivity index (χ4v) is 4.59. The fourth-order valence-electron chi connectivity index (χ4n) is 2.78. The number of β-lactam (4-membered cyclic amide) rings is 1. The molecule has 102 valence electrons. The molecule has 0 spiro atoms. The van der Waals surface area contributed by atoms with Crippen molar-refractivity contribution in [3.05, 3.63) is 0 Å². The number of carboxylic acids is 1. The molecule has 8 heteroatoms. The Labute approximate surface area is 158 Å². The standard InChI is InChI=1S/C11H17NO5S.K/c1-5(13)11(17-4)8(16)12-6(7(14)15)10(2,3)18-9(11)12;/h5-6,9,13H,1-4H3,(H,14,15);/q;+1/p-1/t5?,6-,9+,11?;/m0./s1. The van der Waals surface area contributed by atoms with Crippen LogP contribution in [0.25, 0.3) is 0 Å². The van der Waals surface area contributed by atoms with Gasteiger partial charge in [-0.1, -0.05) is 0 Å². The molecule has 6 nitrogen and oxygen atoms in total. The summed E-state index contributed by atoms with van der Waals surface area (Å²) in [7, 11) is 1.35. The van der Waals surface area contributed by atoms with Crippen LogP contribution in [0.3, 0.4) is 0 Å². The Balaban J connectivity index is 0.00000180. The smallest absolute Gasteiger partial charge is 0.548 e. The van der Waals surface area contributed by atoms with Crippen molar-refractivity contribution in [1.82, 2.24) is 4.90 Å². The third-order valence-electron chi connectivity index (χ3n) is 3.72. The van der Waals surface area contributed by atoms with Crippen LogP contribution in [0.1, 0.15) is 20.8 Å². The molecule has 2 aliphatic heterocycles. The zero-order valence-electron chi connectivity index (χ0n) is 11.7. The molecule has 2 saturated heterocycles. The first-order valence-corrected chi connectivity index (χ1v) is 6.52. The molecule has 0 saturated carbocycles. The minimum Gasteiger partial charge on any atom is -0.548 e. The normalized spacial score (nSPS) is 37.1. The van der Waals surface area contributed by atoms with Gasteiger partial charge in [-0.3, -0.25) is 4.79 Å². The first-order valence-electron chi connectivity index (χ1n) is 5.64. The quantitative estimate of drug-likeness (QED) is 0.418. The van der Waals surface area contributed by atoms with E-state index in [4.69, 9.17) is 4.74 Å². The first kappa shape index (κ1) is 17.9. The van der Waals surface area contributed by atoms with E-state index in [0.717, 1.165) is 0 Å². The molecule has 1 N–H and O–H groups in total. The second kappa shape index (κ2) is 5.56. The van der Waals surface area contributed by atoms with Crippen LogP contribution in [-0.4, -0.2) is 56.9 Å². The number of hydrogen-bond donors (Lipinski definition) is 1. The van der Waals surface area contributed by atoms with Gasteiger partial charge in [0, 0.05) is 11.9 Å². The molecule has 2 rings (SSSR count). The maximum Gasteiger partial charge on any atom is 1.00 e. The summed E-state index contributed by atoms with van der Waals surface area (Å²) in [6.07, 6.45) is -1.000. The number of nitrogens with zero attached hydrogens (tertiary/aromatic N) is 1. The van der Waals surface area contributed by atoms with Crippen LogP contribution < -0.4 is 56.5 Å². The van der Waals surface area contributed by atoms with Crippen LogP contribution in [-0.2, 0) is 14.3 Å². The number of carbonyl (C=O) groups is 2. The average Bonchev–Trinajstić information content (AvgIpc) is 2.48. The van der Waals surface area contributed by atoms with E-state index in [9.17, 15) is 19.8 Å². The number of methoxy groups -OCH3 is 1. The fraction of sp³-hybridized carbons (Fsp3) is 0.818. The molecule has 0 radical (unpaired) electrons. The van der Waals surface area contributed by atoms with Crippen molar-refractivity contribution in [3.8, 4) is 0 Å². The number of aliphatic hydroxyl groups is 1. The van der Waals surface area contributed by atoms with Gasteiger partial charge in [0.2, 0.25) is 5.60 Å². The summed E-state index contributed by atoms with van der Waals surface area (Å²) < 4.78 is 4.54. The Morgan fingerprint density at radius 1 is 1.58 bits per heavy atom. The number of aliphatic hydroxyl groups excluding tert-OH is 1. The predicted molar refractivity (Wildman–Crippen MR) is 62.5 cm³/mol. The molecule has 0 aromatic heterocycles. The number of ether oxygens (including phenoxy) is 1. The molecule has 0 aromatic rings. The summed E-state index contributed by atoms with van der Waals surface area (Å²) in [5.41, 5.74) is -1.34. The van der Waals surface area contributed by atoms with Crippen LogP contribution in [0.2, 0.25) is 0 Å². The Kier molecular flexibility index (Phi) is 5.24. The Hall–Kier alpha value is 0.846. The summed E-state index contributed by atoms with van der Waals surface area (Å²) in [4.78, 5) is 24.6. The van der Waals surface area contributed by atoms with Gasteiger partial charge in [0.15, 0.2) is 0 Å². The van der Waals surface area contributed by atoms with E-state index in [0.29, 0.717) is 0 Å². The summed E-state index contributed by atoms with van der Waals surface area (Å²) in [5.74, 6) is -1.77. The molecular weight excluding hydrogens is 297 g/mol. The van der Waals surface area contributed by atoms with Gasteiger partial charge >= 0.3 is 51.4 Å².